The Morgan fingerprint density at radius 2 is 1.97 bits per heavy atom. The van der Waals surface area contributed by atoms with Gasteiger partial charge < -0.3 is 14.6 Å². The number of fused-ring (bicyclic) bond motifs is 1. The molecule has 1 aliphatic carbocycles. The summed E-state index contributed by atoms with van der Waals surface area (Å²) in [5, 5.41) is 12.2. The third-order valence-corrected chi connectivity index (χ3v) is 8.39. The Balaban J connectivity index is 1.53. The molecule has 1 unspecified atom stereocenters. The maximum atomic E-state index is 13.1. The lowest BCUT2D eigenvalue weighted by molar-refractivity contribution is -0.125. The zero-order valence-corrected chi connectivity index (χ0v) is 21.6. The van der Waals surface area contributed by atoms with Crippen molar-refractivity contribution in [3.05, 3.63) is 69.6 Å². The monoisotopic (exact) mass is 521 g/mol. The molecule has 2 amide bonds. The van der Waals surface area contributed by atoms with Crippen molar-refractivity contribution in [1.82, 2.24) is 19.2 Å². The topological polar surface area (TPSA) is 134 Å². The molecule has 1 saturated carbocycles. The average molecular weight is 522 g/mol. The molecule has 37 heavy (non-hydrogen) atoms. The van der Waals surface area contributed by atoms with Gasteiger partial charge in [-0.25, -0.2) is 9.19 Å². The molecule has 1 aliphatic rings. The number of aromatic nitrogens is 2. The average Bonchev–Trinajstić information content (AvgIpc) is 3.72. The predicted octanol–water partition coefficient (Wildman–Crippen LogP) is 2.18. The zero-order valence-electron chi connectivity index (χ0n) is 20.8. The van der Waals surface area contributed by atoms with Gasteiger partial charge in [0.25, 0.3) is 11.5 Å². The first kappa shape index (κ1) is 26.0. The third kappa shape index (κ3) is 5.24. The summed E-state index contributed by atoms with van der Waals surface area (Å²) in [7, 11) is 1.51. The molecule has 2 aromatic heterocycles. The molecule has 0 radical (unpaired) electrons. The van der Waals surface area contributed by atoms with E-state index in [0.717, 1.165) is 5.56 Å². The van der Waals surface area contributed by atoms with Crippen molar-refractivity contribution in [2.45, 2.75) is 37.5 Å². The predicted molar refractivity (Wildman–Crippen MR) is 138 cm³/mol. The summed E-state index contributed by atoms with van der Waals surface area (Å²) in [6.07, 6.45) is 3.07. The minimum Gasteiger partial charge on any atom is -0.475 e. The van der Waals surface area contributed by atoms with E-state index in [-0.39, 0.29) is 36.9 Å². The van der Waals surface area contributed by atoms with Gasteiger partial charge in [0, 0.05) is 38.6 Å². The lowest BCUT2D eigenvalue weighted by atomic mass is 10.1. The summed E-state index contributed by atoms with van der Waals surface area (Å²) in [5.41, 5.74) is 1.18. The molecule has 10 nitrogen and oxygen atoms in total. The molecule has 192 valence electrons. The molecule has 11 heteroatoms. The highest BCUT2D eigenvalue weighted by Gasteiger charge is 2.52. The highest BCUT2D eigenvalue weighted by Crippen LogP contribution is 2.43. The molecule has 1 atom stereocenters. The van der Waals surface area contributed by atoms with E-state index in [1.165, 1.54) is 35.2 Å². The van der Waals surface area contributed by atoms with Crippen LogP contribution in [0.1, 0.15) is 47.7 Å². The number of hydrogen-bond donors (Lipinski definition) is 1. The summed E-state index contributed by atoms with van der Waals surface area (Å²) in [6.45, 7) is 1.99. The molecule has 0 spiro atoms. The summed E-state index contributed by atoms with van der Waals surface area (Å²) >= 11 is 0. The molecule has 0 saturated heterocycles. The van der Waals surface area contributed by atoms with Crippen LogP contribution in [0, 0.1) is 11.3 Å². The minimum absolute atomic E-state index is 0.0275. The summed E-state index contributed by atoms with van der Waals surface area (Å²) < 4.78 is 20.8. The van der Waals surface area contributed by atoms with Crippen LogP contribution in [0.15, 0.2) is 47.4 Å². The van der Waals surface area contributed by atoms with Gasteiger partial charge >= 0.3 is 0 Å². The number of amides is 2. The van der Waals surface area contributed by atoms with E-state index in [9.17, 15) is 18.6 Å². The van der Waals surface area contributed by atoms with Crippen molar-refractivity contribution < 1.29 is 18.5 Å². The first-order valence-electron chi connectivity index (χ1n) is 11.8. The Bertz CT molecular complexity index is 1490. The fourth-order valence-corrected chi connectivity index (χ4v) is 5.47. The van der Waals surface area contributed by atoms with Crippen LogP contribution in [-0.2, 0) is 29.4 Å². The van der Waals surface area contributed by atoms with E-state index in [1.54, 1.807) is 37.3 Å². The maximum Gasteiger partial charge on any atom is 0.263 e. The lowest BCUT2D eigenvalue weighted by Gasteiger charge is -2.23. The van der Waals surface area contributed by atoms with Crippen LogP contribution < -0.4 is 15.6 Å². The third-order valence-electron chi connectivity index (χ3n) is 6.43. The normalized spacial score (nSPS) is 14.4. The van der Waals surface area contributed by atoms with Crippen LogP contribution in [0.4, 0.5) is 0 Å². The van der Waals surface area contributed by atoms with E-state index < -0.39 is 27.2 Å². The summed E-state index contributed by atoms with van der Waals surface area (Å²) in [5.74, 6) is -0.545. The van der Waals surface area contributed by atoms with E-state index in [1.807, 2.05) is 6.07 Å². The number of aryl methyl sites for hydroxylation is 1. The number of nitrogens with zero attached hydrogens (tertiary/aromatic N) is 4. The first-order chi connectivity index (χ1) is 17.7. The van der Waals surface area contributed by atoms with Crippen LogP contribution in [0.5, 0.6) is 5.88 Å². The summed E-state index contributed by atoms with van der Waals surface area (Å²) in [6, 6.07) is 12.0. The molecule has 0 aliphatic heterocycles. The second kappa shape index (κ2) is 10.5. The van der Waals surface area contributed by atoms with Gasteiger partial charge in [-0.3, -0.25) is 18.7 Å². The number of pyridine rings is 2. The van der Waals surface area contributed by atoms with Crippen molar-refractivity contribution >= 4 is 33.7 Å². The van der Waals surface area contributed by atoms with E-state index >= 15 is 0 Å². The number of hydrogen-bond acceptors (Lipinski definition) is 7. The molecule has 0 bridgehead atoms. The van der Waals surface area contributed by atoms with Gasteiger partial charge in [0.1, 0.15) is 28.7 Å². The second-order valence-electron chi connectivity index (χ2n) is 8.93. The van der Waals surface area contributed by atoms with Gasteiger partial charge in [-0.1, -0.05) is 19.1 Å². The SMILES string of the molecule is CCC(=O)N(C)S(=O)C1(COc2nccc3cc(C(=O)NCc4ccc(C#N)cc4)c(=O)n(C)c23)CC1. The Labute approximate surface area is 216 Å². The van der Waals surface area contributed by atoms with Gasteiger partial charge in [0.05, 0.1) is 16.4 Å². The Hall–Kier alpha value is -4.04. The van der Waals surface area contributed by atoms with E-state index in [0.29, 0.717) is 29.3 Å². The van der Waals surface area contributed by atoms with E-state index in [4.69, 9.17) is 10.00 Å². The van der Waals surface area contributed by atoms with Gasteiger partial charge in [-0.2, -0.15) is 5.26 Å². The quantitative estimate of drug-likeness (QED) is 0.456. The highest BCUT2D eigenvalue weighted by atomic mass is 32.2. The minimum atomic E-state index is -1.55. The van der Waals surface area contributed by atoms with Crippen LogP contribution in [-0.4, -0.2) is 48.3 Å². The van der Waals surface area contributed by atoms with E-state index in [2.05, 4.69) is 10.3 Å². The number of nitriles is 1. The molecule has 2 heterocycles. The molecular weight excluding hydrogens is 494 g/mol. The number of nitrogens with one attached hydrogen (secondary N) is 1. The second-order valence-corrected chi connectivity index (χ2v) is 10.8. The Morgan fingerprint density at radius 3 is 2.59 bits per heavy atom. The Morgan fingerprint density at radius 1 is 1.27 bits per heavy atom. The molecule has 3 aromatic rings. The highest BCUT2D eigenvalue weighted by molar-refractivity contribution is 7.85. The fourth-order valence-electron chi connectivity index (χ4n) is 3.96. The van der Waals surface area contributed by atoms with Crippen molar-refractivity contribution in [2.75, 3.05) is 13.7 Å². The van der Waals surface area contributed by atoms with Gasteiger partial charge in [-0.05, 0) is 42.7 Å². The number of ether oxygens (including phenoxy) is 1. The van der Waals surface area contributed by atoms with Crippen LogP contribution >= 0.6 is 0 Å². The maximum absolute atomic E-state index is 13.1. The van der Waals surface area contributed by atoms with Gasteiger partial charge in [0.2, 0.25) is 11.8 Å². The number of carbonyl (C=O) groups is 2. The molecule has 1 aromatic carbocycles. The summed E-state index contributed by atoms with van der Waals surface area (Å²) in [4.78, 5) is 42.2. The van der Waals surface area contributed by atoms with Crippen molar-refractivity contribution in [3.8, 4) is 11.9 Å². The number of rotatable bonds is 9. The van der Waals surface area contributed by atoms with Gasteiger partial charge in [-0.15, -0.1) is 0 Å². The van der Waals surface area contributed by atoms with Crippen LogP contribution in [0.3, 0.4) is 0 Å². The first-order valence-corrected chi connectivity index (χ1v) is 12.9. The Kier molecular flexibility index (Phi) is 7.40. The molecule has 1 fully saturated rings. The van der Waals surface area contributed by atoms with Crippen molar-refractivity contribution in [3.63, 3.8) is 0 Å². The number of benzene rings is 1. The standard InChI is InChI=1S/C26H27N5O5S/c1-4-21(32)31(3)37(35)26(10-11-26)16-36-24-22-19(9-12-28-24)13-20(25(34)30(22)2)23(33)29-15-18-7-5-17(14-27)6-8-18/h5-9,12-13H,4,10-11,15-16H2,1-3H3,(H,29,33). The van der Waals surface area contributed by atoms with Crippen LogP contribution in [0.25, 0.3) is 10.9 Å². The molecule has 1 N–H and O–H groups in total. The lowest BCUT2D eigenvalue weighted by Crippen LogP contribution is -2.39. The molecular formula is C26H27N5O5S. The van der Waals surface area contributed by atoms with Crippen molar-refractivity contribution in [2.24, 2.45) is 7.05 Å². The van der Waals surface area contributed by atoms with Crippen molar-refractivity contribution in [1.29, 1.82) is 5.26 Å². The fraction of sp³-hybridized carbons (Fsp3) is 0.346. The molecule has 4 rings (SSSR count). The van der Waals surface area contributed by atoms with Crippen LogP contribution in [0.2, 0.25) is 0 Å². The number of carbonyl (C=O) groups excluding carboxylic acids is 2. The van der Waals surface area contributed by atoms with Gasteiger partial charge in [0.15, 0.2) is 0 Å². The zero-order chi connectivity index (χ0) is 26.7. The smallest absolute Gasteiger partial charge is 0.263 e. The largest absolute Gasteiger partial charge is 0.475 e.